The van der Waals surface area contributed by atoms with Gasteiger partial charge in [0.25, 0.3) is 0 Å². The summed E-state index contributed by atoms with van der Waals surface area (Å²) in [4.78, 5) is 10.6. The first-order valence-electron chi connectivity index (χ1n) is 4.35. The van der Waals surface area contributed by atoms with Crippen molar-refractivity contribution < 1.29 is 20.1 Å². The monoisotopic (exact) mass is 196 g/mol. The second-order valence-electron chi connectivity index (χ2n) is 3.02. The van der Waals surface area contributed by atoms with Crippen LogP contribution in [0.15, 0.2) is 12.1 Å². The van der Waals surface area contributed by atoms with Gasteiger partial charge in [-0.2, -0.15) is 0 Å². The number of aryl methyl sites for hydroxylation is 1. The van der Waals surface area contributed by atoms with Crippen LogP contribution in [0.4, 0.5) is 0 Å². The minimum absolute atomic E-state index is 0.276. The molecule has 4 nitrogen and oxygen atoms in total. The Bertz CT molecular complexity index is 357. The number of carboxylic acids is 1. The number of carboxylic acid groups (broad SMARTS) is 1. The minimum Gasteiger partial charge on any atom is -0.504 e. The molecule has 0 aliphatic rings. The van der Waals surface area contributed by atoms with Gasteiger partial charge >= 0.3 is 5.97 Å². The van der Waals surface area contributed by atoms with Gasteiger partial charge in [0.15, 0.2) is 11.5 Å². The lowest BCUT2D eigenvalue weighted by atomic mass is 10.1. The maximum atomic E-state index is 10.6. The van der Waals surface area contributed by atoms with Crippen LogP contribution >= 0.6 is 0 Å². The number of hydrogen-bond donors (Lipinski definition) is 3. The fourth-order valence-corrected chi connectivity index (χ4v) is 1.27. The molecule has 0 spiro atoms. The van der Waals surface area contributed by atoms with Gasteiger partial charge in [0, 0.05) is 0 Å². The number of benzene rings is 1. The molecule has 1 rings (SSSR count). The number of hydrogen-bond acceptors (Lipinski definition) is 3. The van der Waals surface area contributed by atoms with Crippen LogP contribution in [0, 0.1) is 0 Å². The molecule has 0 bridgehead atoms. The zero-order valence-corrected chi connectivity index (χ0v) is 7.82. The lowest BCUT2D eigenvalue weighted by Gasteiger charge is -2.06. The van der Waals surface area contributed by atoms with E-state index in [2.05, 4.69) is 0 Å². The summed E-state index contributed by atoms with van der Waals surface area (Å²) in [5.74, 6) is -2.13. The number of aromatic carboxylic acids is 1. The largest absolute Gasteiger partial charge is 0.504 e. The summed E-state index contributed by atoms with van der Waals surface area (Å²) in [6.07, 6.45) is 1.43. The summed E-state index contributed by atoms with van der Waals surface area (Å²) in [5.41, 5.74) is 0.289. The third-order valence-corrected chi connectivity index (χ3v) is 1.98. The molecule has 0 unspecified atom stereocenters. The van der Waals surface area contributed by atoms with Crippen LogP contribution < -0.4 is 0 Å². The van der Waals surface area contributed by atoms with Crippen molar-refractivity contribution in [1.29, 1.82) is 0 Å². The van der Waals surface area contributed by atoms with E-state index in [4.69, 9.17) is 5.11 Å². The van der Waals surface area contributed by atoms with Gasteiger partial charge in [0.2, 0.25) is 0 Å². The molecule has 0 atom stereocenters. The molecule has 1 aromatic rings. The Morgan fingerprint density at radius 3 is 2.43 bits per heavy atom. The second-order valence-corrected chi connectivity index (χ2v) is 3.02. The van der Waals surface area contributed by atoms with Crippen molar-refractivity contribution in [2.75, 3.05) is 0 Å². The van der Waals surface area contributed by atoms with Crippen LogP contribution in [0.1, 0.15) is 29.3 Å². The zero-order chi connectivity index (χ0) is 10.7. The quantitative estimate of drug-likeness (QED) is 0.643. The molecule has 0 fully saturated rings. The highest BCUT2D eigenvalue weighted by Gasteiger charge is 2.15. The Morgan fingerprint density at radius 1 is 1.29 bits per heavy atom. The molecule has 0 saturated heterocycles. The number of carbonyl (C=O) groups is 1. The van der Waals surface area contributed by atoms with Gasteiger partial charge in [-0.25, -0.2) is 4.79 Å². The first kappa shape index (κ1) is 10.4. The average Bonchev–Trinajstić information content (AvgIpc) is 2.13. The third-order valence-electron chi connectivity index (χ3n) is 1.98. The van der Waals surface area contributed by atoms with Gasteiger partial charge in [0.05, 0.1) is 0 Å². The van der Waals surface area contributed by atoms with Gasteiger partial charge in [-0.1, -0.05) is 19.4 Å². The predicted molar refractivity (Wildman–Crippen MR) is 50.7 cm³/mol. The molecule has 76 valence electrons. The van der Waals surface area contributed by atoms with Gasteiger partial charge in [0.1, 0.15) is 5.56 Å². The van der Waals surface area contributed by atoms with Crippen LogP contribution in [0.3, 0.4) is 0 Å². The molecular weight excluding hydrogens is 184 g/mol. The van der Waals surface area contributed by atoms with E-state index in [1.807, 2.05) is 6.92 Å². The Labute approximate surface area is 81.4 Å². The number of rotatable bonds is 3. The van der Waals surface area contributed by atoms with Crippen LogP contribution in [0.5, 0.6) is 11.5 Å². The molecule has 4 heteroatoms. The van der Waals surface area contributed by atoms with Crippen LogP contribution in [-0.2, 0) is 6.42 Å². The van der Waals surface area contributed by atoms with Crippen molar-refractivity contribution in [3.63, 3.8) is 0 Å². The Morgan fingerprint density at radius 2 is 1.93 bits per heavy atom. The molecule has 0 saturated carbocycles. The predicted octanol–water partition coefficient (Wildman–Crippen LogP) is 1.75. The van der Waals surface area contributed by atoms with E-state index < -0.39 is 11.7 Å². The van der Waals surface area contributed by atoms with Crippen molar-refractivity contribution in [3.8, 4) is 11.5 Å². The van der Waals surface area contributed by atoms with Crippen LogP contribution in [0.2, 0.25) is 0 Å². The summed E-state index contributed by atoms with van der Waals surface area (Å²) in [7, 11) is 0. The maximum absolute atomic E-state index is 10.6. The molecule has 0 aliphatic heterocycles. The summed E-state index contributed by atoms with van der Waals surface area (Å²) in [5, 5.41) is 27.4. The molecular formula is C10H12O4. The van der Waals surface area contributed by atoms with E-state index in [9.17, 15) is 15.0 Å². The lowest BCUT2D eigenvalue weighted by molar-refractivity contribution is 0.0693. The van der Waals surface area contributed by atoms with Gasteiger partial charge in [-0.15, -0.1) is 0 Å². The smallest absolute Gasteiger partial charge is 0.339 e. The molecule has 0 amide bonds. The first-order chi connectivity index (χ1) is 6.57. The van der Waals surface area contributed by atoms with Crippen molar-refractivity contribution in [3.05, 3.63) is 23.3 Å². The highest BCUT2D eigenvalue weighted by Crippen LogP contribution is 2.33. The van der Waals surface area contributed by atoms with Crippen molar-refractivity contribution in [1.82, 2.24) is 0 Å². The fourth-order valence-electron chi connectivity index (χ4n) is 1.27. The van der Waals surface area contributed by atoms with E-state index in [1.165, 1.54) is 12.1 Å². The highest BCUT2D eigenvalue weighted by molar-refractivity contribution is 5.92. The van der Waals surface area contributed by atoms with Gasteiger partial charge in [-0.05, 0) is 18.1 Å². The Hall–Kier alpha value is -1.71. The summed E-state index contributed by atoms with van der Waals surface area (Å²) in [6, 6.07) is 2.81. The Kier molecular flexibility index (Phi) is 2.96. The van der Waals surface area contributed by atoms with Crippen LogP contribution in [-0.4, -0.2) is 21.3 Å². The highest BCUT2D eigenvalue weighted by atomic mass is 16.4. The SMILES string of the molecule is CCCc1ccc(C(=O)O)c(O)c1O. The summed E-state index contributed by atoms with van der Waals surface area (Å²) < 4.78 is 0. The standard InChI is InChI=1S/C10H12O4/c1-2-3-6-4-5-7(10(13)14)9(12)8(6)11/h4-5,11-12H,2-3H2,1H3,(H,13,14). The topological polar surface area (TPSA) is 77.8 Å². The van der Waals surface area contributed by atoms with E-state index in [0.29, 0.717) is 12.0 Å². The second kappa shape index (κ2) is 4.00. The van der Waals surface area contributed by atoms with E-state index in [0.717, 1.165) is 6.42 Å². The number of phenolic OH excluding ortho intramolecular Hbond substituents is 1. The van der Waals surface area contributed by atoms with E-state index in [-0.39, 0.29) is 11.3 Å². The fraction of sp³-hybridized carbons (Fsp3) is 0.300. The molecule has 0 heterocycles. The Balaban J connectivity index is 3.19. The number of phenols is 2. The molecule has 14 heavy (non-hydrogen) atoms. The number of aromatic hydroxyl groups is 2. The van der Waals surface area contributed by atoms with Crippen LogP contribution in [0.25, 0.3) is 0 Å². The van der Waals surface area contributed by atoms with Crippen molar-refractivity contribution in [2.24, 2.45) is 0 Å². The molecule has 0 radical (unpaired) electrons. The van der Waals surface area contributed by atoms with Crippen molar-refractivity contribution >= 4 is 5.97 Å². The molecule has 1 aromatic carbocycles. The first-order valence-corrected chi connectivity index (χ1v) is 4.35. The molecule has 3 N–H and O–H groups in total. The average molecular weight is 196 g/mol. The molecule has 0 aromatic heterocycles. The van der Waals surface area contributed by atoms with E-state index in [1.54, 1.807) is 0 Å². The lowest BCUT2D eigenvalue weighted by Crippen LogP contribution is -1.98. The van der Waals surface area contributed by atoms with Crippen molar-refractivity contribution in [2.45, 2.75) is 19.8 Å². The summed E-state index contributed by atoms with van der Waals surface area (Å²) >= 11 is 0. The minimum atomic E-state index is -1.25. The van der Waals surface area contributed by atoms with E-state index >= 15 is 0 Å². The third kappa shape index (κ3) is 1.79. The molecule has 0 aliphatic carbocycles. The zero-order valence-electron chi connectivity index (χ0n) is 7.82. The van der Waals surface area contributed by atoms with Gasteiger partial charge in [-0.3, -0.25) is 0 Å². The van der Waals surface area contributed by atoms with Gasteiger partial charge < -0.3 is 15.3 Å². The summed E-state index contributed by atoms with van der Waals surface area (Å²) in [6.45, 7) is 1.93. The normalized spacial score (nSPS) is 10.1. The maximum Gasteiger partial charge on any atom is 0.339 e.